The van der Waals surface area contributed by atoms with Gasteiger partial charge in [-0.15, -0.1) is 0 Å². The van der Waals surface area contributed by atoms with Crippen LogP contribution in [0.5, 0.6) is 0 Å². The molecule has 3 aromatic heterocycles. The van der Waals surface area contributed by atoms with Gasteiger partial charge in [-0.2, -0.15) is 5.10 Å². The lowest BCUT2D eigenvalue weighted by atomic mass is 10.1. The number of H-pyrrole nitrogens is 1. The number of benzene rings is 1. The fourth-order valence-corrected chi connectivity index (χ4v) is 3.17. The van der Waals surface area contributed by atoms with Gasteiger partial charge in [0.2, 0.25) is 0 Å². The zero-order valence-corrected chi connectivity index (χ0v) is 14.4. The second-order valence-corrected chi connectivity index (χ2v) is 6.10. The van der Waals surface area contributed by atoms with Gasteiger partial charge >= 0.3 is 0 Å². The molecule has 0 unspecified atom stereocenters. The molecule has 0 atom stereocenters. The Morgan fingerprint density at radius 1 is 1.16 bits per heavy atom. The van der Waals surface area contributed by atoms with Gasteiger partial charge in [-0.3, -0.25) is 14.6 Å². The Kier molecular flexibility index (Phi) is 3.53. The van der Waals surface area contributed by atoms with E-state index in [0.717, 1.165) is 34.6 Å². The number of hydrogen-bond acceptors (Lipinski definition) is 3. The molecular formula is C19H19N5O. The van der Waals surface area contributed by atoms with Crippen LogP contribution >= 0.6 is 0 Å². The number of aromatic amines is 1. The molecule has 1 N–H and O–H groups in total. The number of aryl methyl sites for hydroxylation is 3. The van der Waals surface area contributed by atoms with Crippen LogP contribution in [0.4, 0.5) is 0 Å². The molecule has 0 saturated carbocycles. The van der Waals surface area contributed by atoms with Crippen molar-refractivity contribution in [3.8, 4) is 22.4 Å². The topological polar surface area (TPSA) is 68.0 Å². The number of hydrogen-bond donors (Lipinski definition) is 1. The minimum atomic E-state index is -0.131. The quantitative estimate of drug-likeness (QED) is 0.626. The van der Waals surface area contributed by atoms with Crippen molar-refractivity contribution in [2.45, 2.75) is 27.3 Å². The second-order valence-electron chi connectivity index (χ2n) is 6.10. The van der Waals surface area contributed by atoms with Crippen molar-refractivity contribution >= 4 is 5.65 Å². The molecule has 0 aliphatic carbocycles. The van der Waals surface area contributed by atoms with Gasteiger partial charge in [0.05, 0.1) is 11.4 Å². The van der Waals surface area contributed by atoms with Gasteiger partial charge in [0, 0.05) is 35.6 Å². The minimum absolute atomic E-state index is 0.131. The van der Waals surface area contributed by atoms with E-state index in [4.69, 9.17) is 4.98 Å². The molecule has 0 aliphatic rings. The smallest absolute Gasteiger partial charge is 0.273 e. The molecule has 3 heterocycles. The van der Waals surface area contributed by atoms with Crippen LogP contribution in [0.1, 0.15) is 18.3 Å². The van der Waals surface area contributed by atoms with Gasteiger partial charge in [0.15, 0.2) is 5.65 Å². The van der Waals surface area contributed by atoms with E-state index in [1.165, 1.54) is 4.52 Å². The molecule has 1 aromatic carbocycles. The fraction of sp³-hybridized carbons (Fsp3) is 0.211. The van der Waals surface area contributed by atoms with Crippen LogP contribution in [0.3, 0.4) is 0 Å². The first-order valence-electron chi connectivity index (χ1n) is 8.30. The highest BCUT2D eigenvalue weighted by molar-refractivity contribution is 5.81. The summed E-state index contributed by atoms with van der Waals surface area (Å²) < 4.78 is 3.36. The summed E-state index contributed by atoms with van der Waals surface area (Å²) in [6.45, 7) is 6.70. The lowest BCUT2D eigenvalue weighted by molar-refractivity contribution is 0.653. The normalized spacial score (nSPS) is 11.3. The summed E-state index contributed by atoms with van der Waals surface area (Å²) in [6, 6.07) is 11.5. The molecule has 25 heavy (non-hydrogen) atoms. The van der Waals surface area contributed by atoms with Crippen LogP contribution in [0.2, 0.25) is 0 Å². The largest absolute Gasteiger partial charge is 0.293 e. The van der Waals surface area contributed by atoms with E-state index >= 15 is 0 Å². The zero-order valence-electron chi connectivity index (χ0n) is 14.4. The van der Waals surface area contributed by atoms with E-state index in [2.05, 4.69) is 10.2 Å². The van der Waals surface area contributed by atoms with Crippen LogP contribution in [0, 0.1) is 13.8 Å². The van der Waals surface area contributed by atoms with Crippen molar-refractivity contribution < 1.29 is 0 Å². The summed E-state index contributed by atoms with van der Waals surface area (Å²) in [4.78, 5) is 17.4. The molecule has 0 radical (unpaired) electrons. The first kappa shape index (κ1) is 15.4. The SMILES string of the molecule is CCn1cc(-c2cc(=O)n3[nH]c(C)c(-c4ccccc4)c3n2)c(C)n1. The standard InChI is InChI=1S/C19H19N5O/c1-4-23-11-15(12(2)21-23)16-10-17(25)24-19(20-16)18(13(3)22-24)14-8-6-5-7-9-14/h5-11,22H,4H2,1-3H3. The van der Waals surface area contributed by atoms with Crippen LogP contribution in [0.15, 0.2) is 47.4 Å². The highest BCUT2D eigenvalue weighted by Crippen LogP contribution is 2.28. The average Bonchev–Trinajstić information content (AvgIpc) is 3.15. The van der Waals surface area contributed by atoms with Gasteiger partial charge in [0.1, 0.15) is 0 Å². The van der Waals surface area contributed by atoms with Gasteiger partial charge in [0.25, 0.3) is 5.56 Å². The molecule has 4 aromatic rings. The lowest BCUT2D eigenvalue weighted by Crippen LogP contribution is -2.14. The van der Waals surface area contributed by atoms with Crippen LogP contribution in [-0.2, 0) is 6.54 Å². The molecule has 4 rings (SSSR count). The highest BCUT2D eigenvalue weighted by atomic mass is 16.1. The van der Waals surface area contributed by atoms with E-state index < -0.39 is 0 Å². The Hall–Kier alpha value is -3.15. The molecule has 6 heteroatoms. The zero-order chi connectivity index (χ0) is 17.6. The summed E-state index contributed by atoms with van der Waals surface area (Å²) in [6.07, 6.45) is 1.94. The van der Waals surface area contributed by atoms with E-state index in [9.17, 15) is 4.79 Å². The maximum atomic E-state index is 12.6. The van der Waals surface area contributed by atoms with Gasteiger partial charge < -0.3 is 0 Å². The highest BCUT2D eigenvalue weighted by Gasteiger charge is 2.16. The van der Waals surface area contributed by atoms with Crippen LogP contribution in [-0.4, -0.2) is 24.4 Å². The van der Waals surface area contributed by atoms with Crippen molar-refractivity contribution in [3.63, 3.8) is 0 Å². The molecule has 0 spiro atoms. The van der Waals surface area contributed by atoms with E-state index in [1.807, 2.05) is 62.0 Å². The summed E-state index contributed by atoms with van der Waals surface area (Å²) in [5, 5.41) is 7.59. The number of nitrogens with zero attached hydrogens (tertiary/aromatic N) is 4. The third kappa shape index (κ3) is 2.46. The van der Waals surface area contributed by atoms with Gasteiger partial charge in [-0.25, -0.2) is 9.50 Å². The van der Waals surface area contributed by atoms with Crippen molar-refractivity contribution in [2.24, 2.45) is 0 Å². The molecule has 0 aliphatic heterocycles. The molecular weight excluding hydrogens is 314 g/mol. The lowest BCUT2D eigenvalue weighted by Gasteiger charge is -2.02. The van der Waals surface area contributed by atoms with Crippen LogP contribution in [0.25, 0.3) is 28.0 Å². The monoisotopic (exact) mass is 333 g/mol. The first-order chi connectivity index (χ1) is 12.1. The number of rotatable bonds is 3. The Morgan fingerprint density at radius 2 is 1.92 bits per heavy atom. The van der Waals surface area contributed by atoms with Gasteiger partial charge in [-0.05, 0) is 26.3 Å². The summed E-state index contributed by atoms with van der Waals surface area (Å²) >= 11 is 0. The average molecular weight is 333 g/mol. The molecule has 0 fully saturated rings. The number of fused-ring (bicyclic) bond motifs is 1. The number of nitrogens with one attached hydrogen (secondary N) is 1. The predicted octanol–water partition coefficient (Wildman–Crippen LogP) is 3.19. The Balaban J connectivity index is 2.00. The first-order valence-corrected chi connectivity index (χ1v) is 8.30. The third-order valence-corrected chi connectivity index (χ3v) is 4.41. The Labute approximate surface area is 144 Å². The molecule has 126 valence electrons. The molecule has 6 nitrogen and oxygen atoms in total. The van der Waals surface area contributed by atoms with Crippen LogP contribution < -0.4 is 5.56 Å². The summed E-state index contributed by atoms with van der Waals surface area (Å²) in [7, 11) is 0. The fourth-order valence-electron chi connectivity index (χ4n) is 3.17. The third-order valence-electron chi connectivity index (χ3n) is 4.41. The Bertz CT molecular complexity index is 1120. The minimum Gasteiger partial charge on any atom is -0.293 e. The molecule has 0 amide bonds. The molecule has 0 bridgehead atoms. The van der Waals surface area contributed by atoms with Crippen molar-refractivity contribution in [3.05, 3.63) is 64.3 Å². The maximum absolute atomic E-state index is 12.6. The predicted molar refractivity (Wildman–Crippen MR) is 97.6 cm³/mol. The second kappa shape index (κ2) is 5.73. The summed E-state index contributed by atoms with van der Waals surface area (Å²) in [5.74, 6) is 0. The summed E-state index contributed by atoms with van der Waals surface area (Å²) in [5.41, 5.74) is 5.80. The Morgan fingerprint density at radius 3 is 2.60 bits per heavy atom. The van der Waals surface area contributed by atoms with E-state index in [1.54, 1.807) is 6.07 Å². The van der Waals surface area contributed by atoms with E-state index in [-0.39, 0.29) is 5.56 Å². The van der Waals surface area contributed by atoms with Gasteiger partial charge in [-0.1, -0.05) is 30.3 Å². The van der Waals surface area contributed by atoms with E-state index in [0.29, 0.717) is 11.3 Å². The molecule has 0 saturated heterocycles. The van der Waals surface area contributed by atoms with Crippen molar-refractivity contribution in [1.29, 1.82) is 0 Å². The maximum Gasteiger partial charge on any atom is 0.273 e. The van der Waals surface area contributed by atoms with Crippen molar-refractivity contribution in [2.75, 3.05) is 0 Å². The number of aromatic nitrogens is 5. The van der Waals surface area contributed by atoms with Crippen molar-refractivity contribution in [1.82, 2.24) is 24.4 Å².